The van der Waals surface area contributed by atoms with Gasteiger partial charge in [0.15, 0.2) is 5.96 Å². The summed E-state index contributed by atoms with van der Waals surface area (Å²) >= 11 is 1.70. The minimum atomic E-state index is 0. The maximum Gasteiger partial charge on any atom is 0.191 e. The Bertz CT molecular complexity index is 444. The Morgan fingerprint density at radius 2 is 2.25 bits per heavy atom. The highest BCUT2D eigenvalue weighted by molar-refractivity contribution is 14.0. The van der Waals surface area contributed by atoms with Gasteiger partial charge in [0.05, 0.1) is 12.2 Å². The molecule has 2 atom stereocenters. The van der Waals surface area contributed by atoms with Crippen LogP contribution in [0.4, 0.5) is 0 Å². The summed E-state index contributed by atoms with van der Waals surface area (Å²) in [5, 5.41) is 9.97. The number of nitrogens with zero attached hydrogens (tertiary/aromatic N) is 2. The van der Waals surface area contributed by atoms with Crippen molar-refractivity contribution in [2.45, 2.75) is 52.6 Å². The summed E-state index contributed by atoms with van der Waals surface area (Å²) in [4.78, 5) is 9.22. The van der Waals surface area contributed by atoms with Crippen LogP contribution < -0.4 is 10.6 Å². The molecule has 6 heteroatoms. The zero-order chi connectivity index (χ0) is 13.8. The average Bonchev–Trinajstić information content (AvgIpc) is 2.89. The first kappa shape index (κ1) is 17.7. The number of guanidine groups is 1. The molecule has 114 valence electrons. The predicted octanol–water partition coefficient (Wildman–Crippen LogP) is 3.35. The van der Waals surface area contributed by atoms with Gasteiger partial charge in [0.1, 0.15) is 5.01 Å². The number of halogens is 1. The van der Waals surface area contributed by atoms with Crippen molar-refractivity contribution < 1.29 is 0 Å². The standard InChI is InChI=1S/C14H24N4S.HI/c1-5-15-14(18-11-6-10(11)4)16-7-13-17-12(8-19-13)9(2)3;/h8-11H,5-7H2,1-4H3,(H2,15,16,18);1H. The van der Waals surface area contributed by atoms with Crippen molar-refractivity contribution in [1.82, 2.24) is 15.6 Å². The van der Waals surface area contributed by atoms with Gasteiger partial charge in [-0.15, -0.1) is 35.3 Å². The van der Waals surface area contributed by atoms with Crippen molar-refractivity contribution in [2.24, 2.45) is 10.9 Å². The molecule has 1 aromatic heterocycles. The molecule has 1 heterocycles. The second kappa shape index (κ2) is 8.17. The van der Waals surface area contributed by atoms with E-state index in [2.05, 4.69) is 53.7 Å². The normalized spacial score (nSPS) is 21.6. The molecule has 20 heavy (non-hydrogen) atoms. The van der Waals surface area contributed by atoms with E-state index in [9.17, 15) is 0 Å². The number of hydrogen-bond donors (Lipinski definition) is 2. The van der Waals surface area contributed by atoms with Crippen LogP contribution in [0.3, 0.4) is 0 Å². The molecule has 0 saturated heterocycles. The molecule has 2 unspecified atom stereocenters. The van der Waals surface area contributed by atoms with E-state index in [1.165, 1.54) is 12.1 Å². The van der Waals surface area contributed by atoms with Crippen LogP contribution in [-0.4, -0.2) is 23.5 Å². The lowest BCUT2D eigenvalue weighted by Gasteiger charge is -2.10. The molecule has 1 fully saturated rings. The molecule has 1 aliphatic carbocycles. The number of aromatic nitrogens is 1. The zero-order valence-corrected chi connectivity index (χ0v) is 15.8. The third-order valence-electron chi connectivity index (χ3n) is 3.31. The first-order chi connectivity index (χ1) is 9.10. The van der Waals surface area contributed by atoms with E-state index >= 15 is 0 Å². The number of thiazole rings is 1. The van der Waals surface area contributed by atoms with E-state index in [0.29, 0.717) is 18.5 Å². The molecule has 2 N–H and O–H groups in total. The summed E-state index contributed by atoms with van der Waals surface area (Å²) in [6.45, 7) is 10.2. The van der Waals surface area contributed by atoms with E-state index in [4.69, 9.17) is 0 Å². The van der Waals surface area contributed by atoms with Gasteiger partial charge in [-0.05, 0) is 25.2 Å². The van der Waals surface area contributed by atoms with Crippen LogP contribution >= 0.6 is 35.3 Å². The van der Waals surface area contributed by atoms with E-state index in [1.54, 1.807) is 11.3 Å². The van der Waals surface area contributed by atoms with E-state index in [1.807, 2.05) is 0 Å². The maximum absolute atomic E-state index is 4.61. The lowest BCUT2D eigenvalue weighted by molar-refractivity contribution is 0.764. The Morgan fingerprint density at radius 1 is 1.55 bits per heavy atom. The quantitative estimate of drug-likeness (QED) is 0.446. The Kier molecular flexibility index (Phi) is 7.22. The number of hydrogen-bond acceptors (Lipinski definition) is 3. The molecular weight excluding hydrogens is 383 g/mol. The largest absolute Gasteiger partial charge is 0.357 e. The van der Waals surface area contributed by atoms with Crippen LogP contribution in [0.5, 0.6) is 0 Å². The second-order valence-electron chi connectivity index (χ2n) is 5.48. The smallest absolute Gasteiger partial charge is 0.191 e. The predicted molar refractivity (Wildman–Crippen MR) is 97.1 cm³/mol. The van der Waals surface area contributed by atoms with Crippen molar-refractivity contribution >= 4 is 41.3 Å². The number of rotatable bonds is 5. The number of nitrogens with one attached hydrogen (secondary N) is 2. The van der Waals surface area contributed by atoms with Crippen molar-refractivity contribution in [3.63, 3.8) is 0 Å². The van der Waals surface area contributed by atoms with Crippen molar-refractivity contribution in [2.75, 3.05) is 6.54 Å². The minimum Gasteiger partial charge on any atom is -0.357 e. The SMILES string of the molecule is CCNC(=NCc1nc(C(C)C)cs1)NC1CC1C.I. The Balaban J connectivity index is 0.00000200. The Morgan fingerprint density at radius 3 is 2.75 bits per heavy atom. The molecule has 0 spiro atoms. The molecular formula is C14H25IN4S. The van der Waals surface area contributed by atoms with Crippen molar-refractivity contribution in [3.05, 3.63) is 16.1 Å². The fraction of sp³-hybridized carbons (Fsp3) is 0.714. The summed E-state index contributed by atoms with van der Waals surface area (Å²) in [5.74, 6) is 2.18. The van der Waals surface area contributed by atoms with Gasteiger partial charge in [-0.25, -0.2) is 9.98 Å². The van der Waals surface area contributed by atoms with Crippen LogP contribution in [0, 0.1) is 5.92 Å². The highest BCUT2D eigenvalue weighted by atomic mass is 127. The van der Waals surface area contributed by atoms with Gasteiger partial charge in [0.25, 0.3) is 0 Å². The Labute approximate surface area is 142 Å². The average molecular weight is 408 g/mol. The van der Waals surface area contributed by atoms with Gasteiger partial charge in [0.2, 0.25) is 0 Å². The third-order valence-corrected chi connectivity index (χ3v) is 4.16. The molecule has 0 amide bonds. The summed E-state index contributed by atoms with van der Waals surface area (Å²) < 4.78 is 0. The summed E-state index contributed by atoms with van der Waals surface area (Å²) in [6, 6.07) is 0.598. The van der Waals surface area contributed by atoms with Crippen LogP contribution in [0.25, 0.3) is 0 Å². The minimum absolute atomic E-state index is 0. The molecule has 1 aromatic rings. The summed E-state index contributed by atoms with van der Waals surface area (Å²) in [7, 11) is 0. The molecule has 1 aliphatic rings. The van der Waals surface area contributed by atoms with Gasteiger partial charge in [-0.2, -0.15) is 0 Å². The van der Waals surface area contributed by atoms with Gasteiger partial charge < -0.3 is 10.6 Å². The molecule has 0 bridgehead atoms. The molecule has 2 rings (SSSR count). The topological polar surface area (TPSA) is 49.3 Å². The van der Waals surface area contributed by atoms with E-state index in [0.717, 1.165) is 23.4 Å². The maximum atomic E-state index is 4.61. The van der Waals surface area contributed by atoms with E-state index < -0.39 is 0 Å². The van der Waals surface area contributed by atoms with Gasteiger partial charge in [-0.1, -0.05) is 20.8 Å². The molecule has 0 radical (unpaired) electrons. The van der Waals surface area contributed by atoms with Gasteiger partial charge in [-0.3, -0.25) is 0 Å². The third kappa shape index (κ3) is 5.20. The van der Waals surface area contributed by atoms with Gasteiger partial charge >= 0.3 is 0 Å². The van der Waals surface area contributed by atoms with Crippen LogP contribution in [0.2, 0.25) is 0 Å². The lowest BCUT2D eigenvalue weighted by Crippen LogP contribution is -2.39. The van der Waals surface area contributed by atoms with Crippen LogP contribution in [0.1, 0.15) is 50.7 Å². The molecule has 0 aromatic carbocycles. The summed E-state index contributed by atoms with van der Waals surface area (Å²) in [6.07, 6.45) is 1.25. The van der Waals surface area contributed by atoms with Gasteiger partial charge in [0, 0.05) is 18.0 Å². The zero-order valence-electron chi connectivity index (χ0n) is 12.6. The molecule has 1 saturated carbocycles. The first-order valence-corrected chi connectivity index (χ1v) is 7.97. The molecule has 0 aliphatic heterocycles. The number of aliphatic imine (C=N–C) groups is 1. The van der Waals surface area contributed by atoms with Crippen molar-refractivity contribution in [3.8, 4) is 0 Å². The lowest BCUT2D eigenvalue weighted by atomic mass is 10.2. The Hall–Kier alpha value is -0.370. The molecule has 4 nitrogen and oxygen atoms in total. The second-order valence-corrected chi connectivity index (χ2v) is 6.42. The van der Waals surface area contributed by atoms with Crippen LogP contribution in [-0.2, 0) is 6.54 Å². The highest BCUT2D eigenvalue weighted by Crippen LogP contribution is 2.28. The summed E-state index contributed by atoms with van der Waals surface area (Å²) in [5.41, 5.74) is 1.17. The van der Waals surface area contributed by atoms with Crippen LogP contribution in [0.15, 0.2) is 10.4 Å². The fourth-order valence-electron chi connectivity index (χ4n) is 1.83. The van der Waals surface area contributed by atoms with E-state index in [-0.39, 0.29) is 24.0 Å². The first-order valence-electron chi connectivity index (χ1n) is 7.09. The van der Waals surface area contributed by atoms with Crippen molar-refractivity contribution in [1.29, 1.82) is 0 Å². The highest BCUT2D eigenvalue weighted by Gasteiger charge is 2.33. The monoisotopic (exact) mass is 408 g/mol. The fourth-order valence-corrected chi connectivity index (χ4v) is 2.71.